The summed E-state index contributed by atoms with van der Waals surface area (Å²) in [5.74, 6) is 0.388. The number of carbonyl (C=O) groups excluding carboxylic acids is 1. The zero-order valence-electron chi connectivity index (χ0n) is 14.7. The standard InChI is InChI=1S/C20H24N4O/c1-24(2)19(25)16-8-6-14(7-9-16)13-22-20(21)23-18-11-10-15-4-3-5-17(15)12-18/h6-12H,3-5,13H2,1-2H3,(H3,21,22,23). The van der Waals surface area contributed by atoms with E-state index in [4.69, 9.17) is 5.73 Å². The molecule has 0 saturated heterocycles. The number of anilines is 1. The second kappa shape index (κ2) is 7.38. The Bertz CT molecular complexity index is 794. The Balaban J connectivity index is 1.60. The first kappa shape index (κ1) is 17.0. The van der Waals surface area contributed by atoms with Crippen molar-refractivity contribution < 1.29 is 4.79 Å². The number of nitrogens with two attached hydrogens (primary N) is 1. The highest BCUT2D eigenvalue weighted by atomic mass is 16.2. The second-order valence-electron chi connectivity index (χ2n) is 6.56. The minimum absolute atomic E-state index is 0.00663. The molecule has 3 rings (SSSR count). The molecule has 0 spiro atoms. The number of aliphatic imine (C=N–C) groups is 1. The lowest BCUT2D eigenvalue weighted by atomic mass is 10.1. The summed E-state index contributed by atoms with van der Waals surface area (Å²) in [6.45, 7) is 0.472. The Morgan fingerprint density at radius 2 is 1.84 bits per heavy atom. The van der Waals surface area contributed by atoms with Crippen LogP contribution in [0.2, 0.25) is 0 Å². The van der Waals surface area contributed by atoms with Crippen LogP contribution in [-0.2, 0) is 19.4 Å². The molecule has 0 fully saturated rings. The predicted octanol–water partition coefficient (Wildman–Crippen LogP) is 2.80. The minimum atomic E-state index is -0.00663. The van der Waals surface area contributed by atoms with Gasteiger partial charge in [-0.25, -0.2) is 4.99 Å². The van der Waals surface area contributed by atoms with Crippen molar-refractivity contribution in [2.45, 2.75) is 25.8 Å². The molecule has 130 valence electrons. The number of carbonyl (C=O) groups is 1. The summed E-state index contributed by atoms with van der Waals surface area (Å²) in [6.07, 6.45) is 3.54. The van der Waals surface area contributed by atoms with Crippen LogP contribution in [0.15, 0.2) is 47.5 Å². The summed E-state index contributed by atoms with van der Waals surface area (Å²) >= 11 is 0. The normalized spacial score (nSPS) is 13.4. The highest BCUT2D eigenvalue weighted by molar-refractivity contribution is 5.94. The van der Waals surface area contributed by atoms with Crippen LogP contribution in [-0.4, -0.2) is 30.9 Å². The fraction of sp³-hybridized carbons (Fsp3) is 0.300. The summed E-state index contributed by atoms with van der Waals surface area (Å²) in [5.41, 5.74) is 11.5. The number of amides is 1. The van der Waals surface area contributed by atoms with Gasteiger partial charge in [0.2, 0.25) is 0 Å². The molecule has 0 bridgehead atoms. The molecule has 1 amide bonds. The van der Waals surface area contributed by atoms with Crippen LogP contribution in [0.5, 0.6) is 0 Å². The summed E-state index contributed by atoms with van der Waals surface area (Å²) in [5, 5.41) is 3.15. The quantitative estimate of drug-likeness (QED) is 0.666. The lowest BCUT2D eigenvalue weighted by Gasteiger charge is -2.10. The fourth-order valence-electron chi connectivity index (χ4n) is 3.02. The Kier molecular flexibility index (Phi) is 5.03. The molecule has 25 heavy (non-hydrogen) atoms. The number of benzene rings is 2. The molecule has 2 aromatic carbocycles. The monoisotopic (exact) mass is 336 g/mol. The topological polar surface area (TPSA) is 70.7 Å². The van der Waals surface area contributed by atoms with Gasteiger partial charge in [-0.1, -0.05) is 18.2 Å². The van der Waals surface area contributed by atoms with Crippen LogP contribution in [0, 0.1) is 0 Å². The molecule has 0 radical (unpaired) electrons. The molecular weight excluding hydrogens is 312 g/mol. The number of guanidine groups is 1. The Morgan fingerprint density at radius 1 is 1.12 bits per heavy atom. The van der Waals surface area contributed by atoms with E-state index in [-0.39, 0.29) is 5.91 Å². The van der Waals surface area contributed by atoms with E-state index in [0.717, 1.165) is 17.7 Å². The third kappa shape index (κ3) is 4.18. The van der Waals surface area contributed by atoms with E-state index in [1.165, 1.54) is 24.0 Å². The van der Waals surface area contributed by atoms with Crippen molar-refractivity contribution >= 4 is 17.6 Å². The third-order valence-corrected chi connectivity index (χ3v) is 4.41. The number of fused-ring (bicyclic) bond motifs is 1. The minimum Gasteiger partial charge on any atom is -0.370 e. The molecule has 0 atom stereocenters. The van der Waals surface area contributed by atoms with Crippen LogP contribution in [0.1, 0.15) is 33.5 Å². The lowest BCUT2D eigenvalue weighted by molar-refractivity contribution is 0.0827. The number of hydrogen-bond donors (Lipinski definition) is 2. The average molecular weight is 336 g/mol. The van der Waals surface area contributed by atoms with Crippen molar-refractivity contribution in [3.63, 3.8) is 0 Å². The highest BCUT2D eigenvalue weighted by Crippen LogP contribution is 2.24. The van der Waals surface area contributed by atoms with Gasteiger partial charge in [0.15, 0.2) is 5.96 Å². The van der Waals surface area contributed by atoms with Gasteiger partial charge in [0, 0.05) is 25.3 Å². The van der Waals surface area contributed by atoms with Gasteiger partial charge in [-0.15, -0.1) is 0 Å². The van der Waals surface area contributed by atoms with E-state index in [9.17, 15) is 4.79 Å². The summed E-state index contributed by atoms with van der Waals surface area (Å²) in [7, 11) is 3.48. The summed E-state index contributed by atoms with van der Waals surface area (Å²) < 4.78 is 0. The molecule has 2 aromatic rings. The van der Waals surface area contributed by atoms with Gasteiger partial charge < -0.3 is 16.0 Å². The molecule has 0 aromatic heterocycles. The molecule has 0 aliphatic heterocycles. The Hall–Kier alpha value is -2.82. The Morgan fingerprint density at radius 3 is 2.56 bits per heavy atom. The maximum Gasteiger partial charge on any atom is 0.253 e. The van der Waals surface area contributed by atoms with Gasteiger partial charge in [0.25, 0.3) is 5.91 Å². The van der Waals surface area contributed by atoms with Crippen LogP contribution in [0.3, 0.4) is 0 Å². The van der Waals surface area contributed by atoms with E-state index in [1.807, 2.05) is 30.3 Å². The van der Waals surface area contributed by atoms with Gasteiger partial charge in [0.05, 0.1) is 6.54 Å². The number of hydrogen-bond acceptors (Lipinski definition) is 2. The van der Waals surface area contributed by atoms with Gasteiger partial charge in [0.1, 0.15) is 0 Å². The summed E-state index contributed by atoms with van der Waals surface area (Å²) in [6, 6.07) is 13.8. The molecule has 1 aliphatic rings. The van der Waals surface area contributed by atoms with Crippen molar-refractivity contribution in [3.05, 3.63) is 64.7 Å². The third-order valence-electron chi connectivity index (χ3n) is 4.41. The van der Waals surface area contributed by atoms with E-state index in [0.29, 0.717) is 18.1 Å². The van der Waals surface area contributed by atoms with Crippen molar-refractivity contribution in [1.29, 1.82) is 0 Å². The zero-order chi connectivity index (χ0) is 17.8. The molecule has 0 unspecified atom stereocenters. The number of nitrogens with one attached hydrogen (secondary N) is 1. The maximum absolute atomic E-state index is 11.9. The molecule has 0 heterocycles. The van der Waals surface area contributed by atoms with Gasteiger partial charge >= 0.3 is 0 Å². The largest absolute Gasteiger partial charge is 0.370 e. The van der Waals surface area contributed by atoms with E-state index < -0.39 is 0 Å². The van der Waals surface area contributed by atoms with E-state index >= 15 is 0 Å². The van der Waals surface area contributed by atoms with Crippen LogP contribution in [0.4, 0.5) is 5.69 Å². The molecular formula is C20H24N4O. The molecule has 3 N–H and O–H groups in total. The molecule has 5 heteroatoms. The number of rotatable bonds is 4. The number of nitrogens with zero attached hydrogens (tertiary/aromatic N) is 2. The van der Waals surface area contributed by atoms with Crippen molar-refractivity contribution in [1.82, 2.24) is 4.90 Å². The van der Waals surface area contributed by atoms with Crippen molar-refractivity contribution in [2.24, 2.45) is 10.7 Å². The summed E-state index contributed by atoms with van der Waals surface area (Å²) in [4.78, 5) is 17.8. The van der Waals surface area contributed by atoms with Crippen LogP contribution >= 0.6 is 0 Å². The van der Waals surface area contributed by atoms with Crippen LogP contribution in [0.25, 0.3) is 0 Å². The van der Waals surface area contributed by atoms with E-state index in [1.54, 1.807) is 19.0 Å². The zero-order valence-corrected chi connectivity index (χ0v) is 14.7. The Labute approximate surface area is 148 Å². The molecule has 5 nitrogen and oxygen atoms in total. The molecule has 1 aliphatic carbocycles. The molecule has 0 saturated carbocycles. The van der Waals surface area contributed by atoms with E-state index in [2.05, 4.69) is 22.4 Å². The second-order valence-corrected chi connectivity index (χ2v) is 6.56. The van der Waals surface area contributed by atoms with Gasteiger partial charge in [-0.05, 0) is 60.2 Å². The predicted molar refractivity (Wildman–Crippen MR) is 102 cm³/mol. The van der Waals surface area contributed by atoms with Crippen molar-refractivity contribution in [2.75, 3.05) is 19.4 Å². The van der Waals surface area contributed by atoms with Crippen molar-refractivity contribution in [3.8, 4) is 0 Å². The number of aryl methyl sites for hydroxylation is 2. The van der Waals surface area contributed by atoms with Gasteiger partial charge in [-0.3, -0.25) is 4.79 Å². The smallest absolute Gasteiger partial charge is 0.253 e. The maximum atomic E-state index is 11.9. The SMILES string of the molecule is CN(C)C(=O)c1ccc(CN=C(N)Nc2ccc3c(c2)CCC3)cc1. The highest BCUT2D eigenvalue weighted by Gasteiger charge is 2.11. The lowest BCUT2D eigenvalue weighted by Crippen LogP contribution is -2.22. The first-order valence-corrected chi connectivity index (χ1v) is 8.52. The fourth-order valence-corrected chi connectivity index (χ4v) is 3.02. The van der Waals surface area contributed by atoms with Gasteiger partial charge in [-0.2, -0.15) is 0 Å². The van der Waals surface area contributed by atoms with Crippen LogP contribution < -0.4 is 11.1 Å². The first-order valence-electron chi connectivity index (χ1n) is 8.52. The first-order chi connectivity index (χ1) is 12.0. The average Bonchev–Trinajstić information content (AvgIpc) is 3.07.